The van der Waals surface area contributed by atoms with Crippen LogP contribution in [0.2, 0.25) is 0 Å². The fraction of sp³-hybridized carbons (Fsp3) is 0.409. The Bertz CT molecular complexity index is 904. The molecule has 0 unspecified atom stereocenters. The Morgan fingerprint density at radius 1 is 1.04 bits per heavy atom. The molecule has 0 saturated carbocycles. The number of nitrogens with one attached hydrogen (secondary N) is 1. The monoisotopic (exact) mass is 403 g/mol. The van der Waals surface area contributed by atoms with Crippen LogP contribution in [-0.2, 0) is 14.6 Å². The lowest BCUT2D eigenvalue weighted by molar-refractivity contribution is -0.128. The van der Waals surface area contributed by atoms with Gasteiger partial charge >= 0.3 is 0 Å². The number of rotatable bonds is 8. The molecule has 2 aromatic rings. The van der Waals surface area contributed by atoms with Crippen molar-refractivity contribution in [2.75, 3.05) is 6.26 Å². The van der Waals surface area contributed by atoms with Gasteiger partial charge in [-0.2, -0.15) is 0 Å². The molecule has 0 aliphatic heterocycles. The molecule has 0 aliphatic carbocycles. The smallest absolute Gasteiger partial charge is 0.261 e. The zero-order valence-corrected chi connectivity index (χ0v) is 17.9. The third kappa shape index (κ3) is 5.58. The maximum Gasteiger partial charge on any atom is 0.261 e. The zero-order chi connectivity index (χ0) is 20.9. The third-order valence-corrected chi connectivity index (χ3v) is 5.78. The molecule has 0 aliphatic rings. The summed E-state index contributed by atoms with van der Waals surface area (Å²) >= 11 is 0. The molecule has 0 fully saturated rings. The second-order valence-electron chi connectivity index (χ2n) is 7.26. The van der Waals surface area contributed by atoms with Gasteiger partial charge in [0.15, 0.2) is 15.9 Å². The van der Waals surface area contributed by atoms with Gasteiger partial charge in [0, 0.05) is 6.26 Å². The number of hydrogen-bond donors (Lipinski definition) is 1. The van der Waals surface area contributed by atoms with E-state index in [1.807, 2.05) is 31.2 Å². The molecule has 1 amide bonds. The molecular formula is C22H29NO4S. The highest BCUT2D eigenvalue weighted by Gasteiger charge is 2.21. The number of benzene rings is 2. The third-order valence-electron chi connectivity index (χ3n) is 4.65. The molecule has 6 heteroatoms. The van der Waals surface area contributed by atoms with E-state index < -0.39 is 15.9 Å². The number of ether oxygens (including phenoxy) is 1. The molecule has 0 heterocycles. The number of para-hydroxylation sites is 1. The van der Waals surface area contributed by atoms with E-state index in [1.54, 1.807) is 31.2 Å². The van der Waals surface area contributed by atoms with E-state index in [1.165, 1.54) is 6.26 Å². The van der Waals surface area contributed by atoms with Gasteiger partial charge in [-0.05, 0) is 48.6 Å². The van der Waals surface area contributed by atoms with Crippen molar-refractivity contribution in [3.8, 4) is 5.75 Å². The van der Waals surface area contributed by atoms with Crippen molar-refractivity contribution in [2.24, 2.45) is 0 Å². The number of carbonyl (C=O) groups is 1. The summed E-state index contributed by atoms with van der Waals surface area (Å²) in [7, 11) is -3.24. The van der Waals surface area contributed by atoms with Gasteiger partial charge in [0.1, 0.15) is 5.75 Å². The van der Waals surface area contributed by atoms with Crippen molar-refractivity contribution >= 4 is 15.7 Å². The highest BCUT2D eigenvalue weighted by molar-refractivity contribution is 7.90. The average Bonchev–Trinajstić information content (AvgIpc) is 2.65. The molecule has 2 atom stereocenters. The van der Waals surface area contributed by atoms with Gasteiger partial charge in [-0.25, -0.2) is 8.42 Å². The van der Waals surface area contributed by atoms with Crippen LogP contribution in [0.1, 0.15) is 57.2 Å². The lowest BCUT2D eigenvalue weighted by atomic mass is 10.0. The molecule has 152 valence electrons. The largest absolute Gasteiger partial charge is 0.481 e. The lowest BCUT2D eigenvalue weighted by Gasteiger charge is -2.22. The summed E-state index contributed by atoms with van der Waals surface area (Å²) in [6, 6.07) is 14.1. The first-order valence-electron chi connectivity index (χ1n) is 9.49. The van der Waals surface area contributed by atoms with Crippen LogP contribution in [0.15, 0.2) is 53.4 Å². The molecule has 1 N–H and O–H groups in total. The summed E-state index contributed by atoms with van der Waals surface area (Å²) in [6.07, 6.45) is 1.21. The summed E-state index contributed by atoms with van der Waals surface area (Å²) < 4.78 is 29.1. The normalized spacial score (nSPS) is 13.8. The van der Waals surface area contributed by atoms with Gasteiger partial charge < -0.3 is 10.1 Å². The molecule has 0 radical (unpaired) electrons. The van der Waals surface area contributed by atoms with Gasteiger partial charge in [-0.3, -0.25) is 4.79 Å². The second kappa shape index (κ2) is 9.24. The van der Waals surface area contributed by atoms with E-state index in [0.717, 1.165) is 11.1 Å². The molecule has 5 nitrogen and oxygen atoms in total. The Hall–Kier alpha value is -2.34. The number of hydrogen-bond acceptors (Lipinski definition) is 4. The minimum Gasteiger partial charge on any atom is -0.481 e. The van der Waals surface area contributed by atoms with Crippen molar-refractivity contribution in [1.29, 1.82) is 0 Å². The second-order valence-corrected chi connectivity index (χ2v) is 9.28. The van der Waals surface area contributed by atoms with Crippen LogP contribution in [0.3, 0.4) is 0 Å². The highest BCUT2D eigenvalue weighted by Crippen LogP contribution is 2.27. The maximum absolute atomic E-state index is 12.7. The van der Waals surface area contributed by atoms with Gasteiger partial charge in [-0.15, -0.1) is 0 Å². The van der Waals surface area contributed by atoms with Crippen molar-refractivity contribution in [3.63, 3.8) is 0 Å². The molecule has 28 heavy (non-hydrogen) atoms. The van der Waals surface area contributed by atoms with Crippen LogP contribution in [0, 0.1) is 0 Å². The summed E-state index contributed by atoms with van der Waals surface area (Å²) in [5.74, 6) is 0.798. The first-order chi connectivity index (χ1) is 13.1. The number of carbonyl (C=O) groups excluding carboxylic acids is 1. The van der Waals surface area contributed by atoms with Crippen molar-refractivity contribution in [3.05, 3.63) is 59.7 Å². The predicted octanol–water partition coefficient (Wildman–Crippen LogP) is 4.25. The van der Waals surface area contributed by atoms with Gasteiger partial charge in [0.2, 0.25) is 0 Å². The number of amides is 1. The Balaban J connectivity index is 2.09. The number of sulfone groups is 1. The van der Waals surface area contributed by atoms with Gasteiger partial charge in [-0.1, -0.05) is 51.1 Å². The molecule has 0 saturated heterocycles. The zero-order valence-electron chi connectivity index (χ0n) is 17.1. The van der Waals surface area contributed by atoms with Gasteiger partial charge in [0.05, 0.1) is 10.9 Å². The maximum atomic E-state index is 12.7. The highest BCUT2D eigenvalue weighted by atomic mass is 32.2. The quantitative estimate of drug-likeness (QED) is 0.715. The van der Waals surface area contributed by atoms with Crippen LogP contribution in [-0.4, -0.2) is 26.7 Å². The molecule has 2 rings (SSSR count). The molecular weight excluding hydrogens is 374 g/mol. The molecule has 2 aromatic carbocycles. The standard InChI is InChI=1S/C22H29NO4S/c1-6-20(17-11-13-18(14-12-17)28(5,25)26)23-22(24)16(4)27-21-10-8-7-9-19(21)15(2)3/h7-16,20H,6H2,1-5H3,(H,23,24)/t16-,20+/m0/s1. The summed E-state index contributed by atoms with van der Waals surface area (Å²) in [6.45, 7) is 7.86. The Kier molecular flexibility index (Phi) is 7.24. The SMILES string of the molecule is CC[C@@H](NC(=O)[C@H](C)Oc1ccccc1C(C)C)c1ccc(S(C)(=O)=O)cc1. The topological polar surface area (TPSA) is 72.5 Å². The summed E-state index contributed by atoms with van der Waals surface area (Å²) in [5, 5.41) is 3.00. The van der Waals surface area contributed by atoms with Crippen LogP contribution in [0.4, 0.5) is 0 Å². The fourth-order valence-corrected chi connectivity index (χ4v) is 3.60. The lowest BCUT2D eigenvalue weighted by Crippen LogP contribution is -2.38. The Morgan fingerprint density at radius 3 is 2.18 bits per heavy atom. The summed E-state index contributed by atoms with van der Waals surface area (Å²) in [4.78, 5) is 12.9. The summed E-state index contributed by atoms with van der Waals surface area (Å²) in [5.41, 5.74) is 1.92. The van der Waals surface area contributed by atoms with Crippen molar-refractivity contribution in [1.82, 2.24) is 5.32 Å². The predicted molar refractivity (Wildman–Crippen MR) is 111 cm³/mol. The van der Waals surface area contributed by atoms with E-state index in [9.17, 15) is 13.2 Å². The minimum atomic E-state index is -3.24. The van der Waals surface area contributed by atoms with Crippen molar-refractivity contribution < 1.29 is 17.9 Å². The van der Waals surface area contributed by atoms with E-state index in [4.69, 9.17) is 4.74 Å². The minimum absolute atomic E-state index is 0.211. The molecule has 0 spiro atoms. The van der Waals surface area contributed by atoms with Crippen LogP contribution < -0.4 is 10.1 Å². The Labute approximate surface area is 168 Å². The van der Waals surface area contributed by atoms with Crippen LogP contribution >= 0.6 is 0 Å². The van der Waals surface area contributed by atoms with E-state index >= 15 is 0 Å². The van der Waals surface area contributed by atoms with Crippen molar-refractivity contribution in [2.45, 2.75) is 57.1 Å². The van der Waals surface area contributed by atoms with Crippen LogP contribution in [0.25, 0.3) is 0 Å². The molecule has 0 aromatic heterocycles. The van der Waals surface area contributed by atoms with E-state index in [0.29, 0.717) is 18.1 Å². The fourth-order valence-electron chi connectivity index (χ4n) is 2.97. The first kappa shape index (κ1) is 22.0. The van der Waals surface area contributed by atoms with Gasteiger partial charge in [0.25, 0.3) is 5.91 Å². The van der Waals surface area contributed by atoms with E-state index in [-0.39, 0.29) is 16.8 Å². The average molecular weight is 404 g/mol. The first-order valence-corrected chi connectivity index (χ1v) is 11.4. The Morgan fingerprint density at radius 2 is 1.64 bits per heavy atom. The molecule has 0 bridgehead atoms. The van der Waals surface area contributed by atoms with E-state index in [2.05, 4.69) is 19.2 Å². The van der Waals surface area contributed by atoms with Crippen LogP contribution in [0.5, 0.6) is 5.75 Å².